The van der Waals surface area contributed by atoms with Gasteiger partial charge in [-0.15, -0.1) is 0 Å². The smallest absolute Gasteiger partial charge is 0.333 e. The van der Waals surface area contributed by atoms with Crippen molar-refractivity contribution in [2.45, 2.75) is 33.1 Å². The van der Waals surface area contributed by atoms with Gasteiger partial charge >= 0.3 is 5.97 Å². The minimum Gasteiger partial charge on any atom is -0.466 e. The van der Waals surface area contributed by atoms with Crippen LogP contribution >= 0.6 is 0 Å². The summed E-state index contributed by atoms with van der Waals surface area (Å²) in [4.78, 5) is 10.9. The Morgan fingerprint density at radius 3 is 2.58 bits per heavy atom. The predicted octanol–water partition coefficient (Wildman–Crippen LogP) is 2.54. The molecule has 0 spiro atoms. The molecule has 0 amide bonds. The standard InChI is InChI=1S/C10H18O2/c1-5-8(2)6-7-9(3)10(11)12-4/h8H,3,5-7H2,1-2,4H3. The van der Waals surface area contributed by atoms with Gasteiger partial charge in [0.1, 0.15) is 0 Å². The lowest BCUT2D eigenvalue weighted by Gasteiger charge is -2.08. The predicted molar refractivity (Wildman–Crippen MR) is 49.8 cm³/mol. The molecule has 0 aliphatic carbocycles. The Bertz CT molecular complexity index is 161. The number of rotatable bonds is 5. The van der Waals surface area contributed by atoms with E-state index in [1.54, 1.807) is 0 Å². The third-order valence-corrected chi connectivity index (χ3v) is 2.11. The molecule has 0 aromatic carbocycles. The number of carbonyl (C=O) groups excluding carboxylic acids is 1. The molecule has 2 heteroatoms. The van der Waals surface area contributed by atoms with Gasteiger partial charge < -0.3 is 4.74 Å². The summed E-state index contributed by atoms with van der Waals surface area (Å²) in [5, 5.41) is 0. The summed E-state index contributed by atoms with van der Waals surface area (Å²) in [5.74, 6) is 0.379. The lowest BCUT2D eigenvalue weighted by Crippen LogP contribution is -2.05. The summed E-state index contributed by atoms with van der Waals surface area (Å²) in [5.41, 5.74) is 0.581. The quantitative estimate of drug-likeness (QED) is 0.468. The highest BCUT2D eigenvalue weighted by Crippen LogP contribution is 2.13. The summed E-state index contributed by atoms with van der Waals surface area (Å²) in [7, 11) is 1.39. The Kier molecular flexibility index (Phi) is 5.43. The molecular weight excluding hydrogens is 152 g/mol. The van der Waals surface area contributed by atoms with Crippen LogP contribution in [0.1, 0.15) is 33.1 Å². The average molecular weight is 170 g/mol. The van der Waals surface area contributed by atoms with E-state index >= 15 is 0 Å². The summed E-state index contributed by atoms with van der Waals surface area (Å²) >= 11 is 0. The van der Waals surface area contributed by atoms with Gasteiger partial charge in [0, 0.05) is 5.57 Å². The molecule has 0 aromatic rings. The summed E-state index contributed by atoms with van der Waals surface area (Å²) in [6, 6.07) is 0. The maximum absolute atomic E-state index is 10.9. The van der Waals surface area contributed by atoms with Gasteiger partial charge in [-0.25, -0.2) is 4.79 Å². The summed E-state index contributed by atoms with van der Waals surface area (Å²) in [6.07, 6.45) is 2.92. The van der Waals surface area contributed by atoms with Gasteiger partial charge in [0.15, 0.2) is 0 Å². The minimum absolute atomic E-state index is 0.279. The van der Waals surface area contributed by atoms with E-state index in [1.807, 2.05) is 0 Å². The van der Waals surface area contributed by atoms with Crippen molar-refractivity contribution in [2.24, 2.45) is 5.92 Å². The number of methoxy groups -OCH3 is 1. The molecule has 0 aromatic heterocycles. The number of hydrogen-bond donors (Lipinski definition) is 0. The third-order valence-electron chi connectivity index (χ3n) is 2.11. The van der Waals surface area contributed by atoms with E-state index in [9.17, 15) is 4.79 Å². The molecular formula is C10H18O2. The van der Waals surface area contributed by atoms with Crippen LogP contribution in [0, 0.1) is 5.92 Å². The Morgan fingerprint density at radius 1 is 1.58 bits per heavy atom. The van der Waals surface area contributed by atoms with Gasteiger partial charge in [0.25, 0.3) is 0 Å². The molecule has 0 saturated heterocycles. The second kappa shape index (κ2) is 5.81. The van der Waals surface area contributed by atoms with Crippen LogP contribution in [0.4, 0.5) is 0 Å². The Labute approximate surface area is 74.6 Å². The number of hydrogen-bond acceptors (Lipinski definition) is 2. The summed E-state index contributed by atoms with van der Waals surface area (Å²) in [6.45, 7) is 7.97. The van der Waals surface area contributed by atoms with Crippen molar-refractivity contribution in [1.82, 2.24) is 0 Å². The van der Waals surface area contributed by atoms with E-state index in [0.29, 0.717) is 11.5 Å². The van der Waals surface area contributed by atoms with E-state index in [4.69, 9.17) is 0 Å². The van der Waals surface area contributed by atoms with Crippen molar-refractivity contribution in [3.8, 4) is 0 Å². The number of carbonyl (C=O) groups is 1. The first-order chi connectivity index (χ1) is 5.61. The van der Waals surface area contributed by atoms with Crippen LogP contribution in [0.2, 0.25) is 0 Å². The van der Waals surface area contributed by atoms with Crippen LogP contribution in [0.3, 0.4) is 0 Å². The SMILES string of the molecule is C=C(CCC(C)CC)C(=O)OC. The van der Waals surface area contributed by atoms with Crippen molar-refractivity contribution < 1.29 is 9.53 Å². The van der Waals surface area contributed by atoms with Gasteiger partial charge in [-0.2, -0.15) is 0 Å². The molecule has 0 heterocycles. The van der Waals surface area contributed by atoms with Crippen LogP contribution in [0.15, 0.2) is 12.2 Å². The summed E-state index contributed by atoms with van der Waals surface area (Å²) < 4.78 is 4.54. The topological polar surface area (TPSA) is 26.3 Å². The monoisotopic (exact) mass is 170 g/mol. The zero-order valence-corrected chi connectivity index (χ0v) is 8.22. The molecule has 0 radical (unpaired) electrons. The van der Waals surface area contributed by atoms with Crippen molar-refractivity contribution in [3.63, 3.8) is 0 Å². The van der Waals surface area contributed by atoms with E-state index in [-0.39, 0.29) is 5.97 Å². The van der Waals surface area contributed by atoms with Crippen molar-refractivity contribution in [1.29, 1.82) is 0 Å². The largest absolute Gasteiger partial charge is 0.466 e. The minimum atomic E-state index is -0.279. The van der Waals surface area contributed by atoms with E-state index < -0.39 is 0 Å². The normalized spacial score (nSPS) is 12.2. The number of ether oxygens (including phenoxy) is 1. The molecule has 1 atom stereocenters. The Morgan fingerprint density at radius 2 is 2.17 bits per heavy atom. The van der Waals surface area contributed by atoms with Crippen LogP contribution in [-0.4, -0.2) is 13.1 Å². The van der Waals surface area contributed by atoms with Crippen LogP contribution in [0.5, 0.6) is 0 Å². The Balaban J connectivity index is 3.64. The van der Waals surface area contributed by atoms with E-state index in [1.165, 1.54) is 7.11 Å². The van der Waals surface area contributed by atoms with Gasteiger partial charge in [-0.3, -0.25) is 0 Å². The maximum atomic E-state index is 10.9. The molecule has 0 aliphatic heterocycles. The molecule has 70 valence electrons. The van der Waals surface area contributed by atoms with Gasteiger partial charge in [0.05, 0.1) is 7.11 Å². The molecule has 2 nitrogen and oxygen atoms in total. The first kappa shape index (κ1) is 11.2. The molecule has 1 unspecified atom stereocenters. The first-order valence-corrected chi connectivity index (χ1v) is 4.37. The highest BCUT2D eigenvalue weighted by molar-refractivity contribution is 5.87. The second-order valence-corrected chi connectivity index (χ2v) is 3.15. The van der Waals surface area contributed by atoms with Crippen molar-refractivity contribution in [3.05, 3.63) is 12.2 Å². The Hall–Kier alpha value is -0.790. The molecule has 0 saturated carbocycles. The fourth-order valence-electron chi connectivity index (χ4n) is 0.871. The lowest BCUT2D eigenvalue weighted by molar-refractivity contribution is -0.136. The van der Waals surface area contributed by atoms with Gasteiger partial charge in [-0.05, 0) is 18.8 Å². The van der Waals surface area contributed by atoms with Crippen LogP contribution < -0.4 is 0 Å². The fraction of sp³-hybridized carbons (Fsp3) is 0.700. The molecule has 0 rings (SSSR count). The van der Waals surface area contributed by atoms with Crippen LogP contribution in [-0.2, 0) is 9.53 Å². The second-order valence-electron chi connectivity index (χ2n) is 3.15. The zero-order valence-electron chi connectivity index (χ0n) is 8.22. The van der Waals surface area contributed by atoms with Crippen molar-refractivity contribution >= 4 is 5.97 Å². The first-order valence-electron chi connectivity index (χ1n) is 4.37. The van der Waals surface area contributed by atoms with E-state index in [0.717, 1.165) is 19.3 Å². The lowest BCUT2D eigenvalue weighted by atomic mass is 10.00. The molecule has 12 heavy (non-hydrogen) atoms. The highest BCUT2D eigenvalue weighted by Gasteiger charge is 2.07. The highest BCUT2D eigenvalue weighted by atomic mass is 16.5. The molecule has 0 fully saturated rings. The van der Waals surface area contributed by atoms with Crippen LogP contribution in [0.25, 0.3) is 0 Å². The molecule has 0 bridgehead atoms. The zero-order chi connectivity index (χ0) is 9.56. The average Bonchev–Trinajstić information content (AvgIpc) is 2.11. The molecule has 0 aliphatic rings. The number of esters is 1. The maximum Gasteiger partial charge on any atom is 0.333 e. The fourth-order valence-corrected chi connectivity index (χ4v) is 0.871. The molecule has 0 N–H and O–H groups in total. The van der Waals surface area contributed by atoms with Gasteiger partial charge in [-0.1, -0.05) is 26.8 Å². The van der Waals surface area contributed by atoms with Crippen molar-refractivity contribution in [2.75, 3.05) is 7.11 Å². The third kappa shape index (κ3) is 4.16. The van der Waals surface area contributed by atoms with E-state index in [2.05, 4.69) is 25.2 Å². The van der Waals surface area contributed by atoms with Gasteiger partial charge in [0.2, 0.25) is 0 Å².